The van der Waals surface area contributed by atoms with Crippen LogP contribution in [0.5, 0.6) is 0 Å². The summed E-state index contributed by atoms with van der Waals surface area (Å²) in [6.07, 6.45) is 1.26. The van der Waals surface area contributed by atoms with Crippen molar-refractivity contribution < 1.29 is 19.1 Å². The predicted molar refractivity (Wildman–Crippen MR) is 70.3 cm³/mol. The summed E-state index contributed by atoms with van der Waals surface area (Å²) in [5.74, 6) is -2.00. The SMILES string of the molecule is CN(C(=O)c1ccnc(C(=O)O)c1)c1ccc(F)cc1. The van der Waals surface area contributed by atoms with Crippen molar-refractivity contribution in [1.82, 2.24) is 4.98 Å². The number of anilines is 1. The Morgan fingerprint density at radius 2 is 1.85 bits per heavy atom. The Bertz CT molecular complexity index is 656. The molecule has 1 N–H and O–H groups in total. The number of aromatic carboxylic acids is 1. The van der Waals surface area contributed by atoms with Crippen LogP contribution in [-0.2, 0) is 0 Å². The summed E-state index contributed by atoms with van der Waals surface area (Å²) in [7, 11) is 1.52. The van der Waals surface area contributed by atoms with E-state index < -0.39 is 17.7 Å². The minimum atomic E-state index is -1.20. The maximum Gasteiger partial charge on any atom is 0.354 e. The topological polar surface area (TPSA) is 70.5 Å². The molecule has 0 aliphatic rings. The van der Waals surface area contributed by atoms with Crippen LogP contribution < -0.4 is 4.90 Å². The Labute approximate surface area is 114 Å². The van der Waals surface area contributed by atoms with E-state index >= 15 is 0 Å². The van der Waals surface area contributed by atoms with E-state index in [1.54, 1.807) is 0 Å². The number of nitrogens with zero attached hydrogens (tertiary/aromatic N) is 2. The van der Waals surface area contributed by atoms with E-state index in [9.17, 15) is 14.0 Å². The molecule has 0 atom stereocenters. The largest absolute Gasteiger partial charge is 0.477 e. The lowest BCUT2D eigenvalue weighted by Crippen LogP contribution is -2.26. The Kier molecular flexibility index (Phi) is 3.74. The number of carboxylic acids is 1. The Hall–Kier alpha value is -2.76. The number of aromatic nitrogens is 1. The average molecular weight is 274 g/mol. The molecule has 0 unspecified atom stereocenters. The van der Waals surface area contributed by atoms with Crippen LogP contribution in [0.25, 0.3) is 0 Å². The highest BCUT2D eigenvalue weighted by atomic mass is 19.1. The first-order valence-corrected chi connectivity index (χ1v) is 5.72. The van der Waals surface area contributed by atoms with E-state index in [4.69, 9.17) is 5.11 Å². The van der Waals surface area contributed by atoms with Gasteiger partial charge in [-0.25, -0.2) is 14.2 Å². The van der Waals surface area contributed by atoms with Crippen molar-refractivity contribution in [1.29, 1.82) is 0 Å². The molecule has 1 aromatic heterocycles. The summed E-state index contributed by atoms with van der Waals surface area (Å²) in [5, 5.41) is 8.85. The standard InChI is InChI=1S/C14H11FN2O3/c1-17(11-4-2-10(15)3-5-11)13(18)9-6-7-16-12(8-9)14(19)20/h2-8H,1H3,(H,19,20). The predicted octanol–water partition coefficient (Wildman–Crippen LogP) is 2.20. The number of carbonyl (C=O) groups excluding carboxylic acids is 1. The Morgan fingerprint density at radius 3 is 2.45 bits per heavy atom. The summed E-state index contributed by atoms with van der Waals surface area (Å²) < 4.78 is 12.8. The summed E-state index contributed by atoms with van der Waals surface area (Å²) in [5.41, 5.74) is 0.498. The van der Waals surface area contributed by atoms with Crippen molar-refractivity contribution >= 4 is 17.6 Å². The molecule has 2 rings (SSSR count). The zero-order chi connectivity index (χ0) is 14.7. The van der Waals surface area contributed by atoms with Gasteiger partial charge in [0.1, 0.15) is 11.5 Å². The van der Waals surface area contributed by atoms with Crippen LogP contribution in [0.3, 0.4) is 0 Å². The van der Waals surface area contributed by atoms with Gasteiger partial charge in [0.25, 0.3) is 5.91 Å². The first-order valence-electron chi connectivity index (χ1n) is 5.72. The van der Waals surface area contributed by atoms with E-state index in [2.05, 4.69) is 4.98 Å². The van der Waals surface area contributed by atoms with Crippen molar-refractivity contribution in [3.8, 4) is 0 Å². The van der Waals surface area contributed by atoms with E-state index in [-0.39, 0.29) is 11.3 Å². The van der Waals surface area contributed by atoms with E-state index in [0.717, 1.165) is 0 Å². The second-order valence-corrected chi connectivity index (χ2v) is 4.08. The fraction of sp³-hybridized carbons (Fsp3) is 0.0714. The van der Waals surface area contributed by atoms with Gasteiger partial charge in [-0.15, -0.1) is 0 Å². The Balaban J connectivity index is 2.28. The van der Waals surface area contributed by atoms with Gasteiger partial charge in [-0.3, -0.25) is 4.79 Å². The van der Waals surface area contributed by atoms with Crippen LogP contribution in [0, 0.1) is 5.82 Å². The number of amides is 1. The first-order chi connectivity index (χ1) is 9.49. The van der Waals surface area contributed by atoms with Gasteiger partial charge in [-0.1, -0.05) is 0 Å². The molecule has 0 saturated heterocycles. The van der Waals surface area contributed by atoms with Gasteiger partial charge >= 0.3 is 5.97 Å². The second-order valence-electron chi connectivity index (χ2n) is 4.08. The van der Waals surface area contributed by atoms with Gasteiger partial charge in [0.2, 0.25) is 0 Å². The summed E-state index contributed by atoms with van der Waals surface area (Å²) in [6, 6.07) is 8.04. The maximum absolute atomic E-state index is 12.8. The van der Waals surface area contributed by atoms with Crippen LogP contribution in [0.2, 0.25) is 0 Å². The molecular formula is C14H11FN2O3. The molecule has 102 valence electrons. The van der Waals surface area contributed by atoms with Crippen LogP contribution in [0.15, 0.2) is 42.6 Å². The summed E-state index contributed by atoms with van der Waals surface area (Å²) in [6.45, 7) is 0. The smallest absolute Gasteiger partial charge is 0.354 e. The van der Waals surface area contributed by atoms with Crippen LogP contribution in [-0.4, -0.2) is 29.0 Å². The molecule has 0 aliphatic heterocycles. The lowest BCUT2D eigenvalue weighted by atomic mass is 10.2. The highest BCUT2D eigenvalue weighted by Gasteiger charge is 2.15. The third kappa shape index (κ3) is 2.80. The highest BCUT2D eigenvalue weighted by molar-refractivity contribution is 6.06. The first kappa shape index (κ1) is 13.7. The number of hydrogen-bond donors (Lipinski definition) is 1. The van der Waals surface area contributed by atoms with Crippen LogP contribution in [0.4, 0.5) is 10.1 Å². The third-order valence-corrected chi connectivity index (χ3v) is 2.74. The van der Waals surface area contributed by atoms with Crippen molar-refractivity contribution in [3.05, 3.63) is 59.7 Å². The number of benzene rings is 1. The van der Waals surface area contributed by atoms with Crippen LogP contribution >= 0.6 is 0 Å². The molecule has 5 nitrogen and oxygen atoms in total. The van der Waals surface area contributed by atoms with Crippen molar-refractivity contribution in [3.63, 3.8) is 0 Å². The number of carbonyl (C=O) groups is 2. The minimum absolute atomic E-state index is 0.198. The average Bonchev–Trinajstić information content (AvgIpc) is 2.46. The van der Waals surface area contributed by atoms with Crippen molar-refractivity contribution in [2.75, 3.05) is 11.9 Å². The van der Waals surface area contributed by atoms with Gasteiger partial charge < -0.3 is 10.0 Å². The van der Waals surface area contributed by atoms with Gasteiger partial charge in [-0.2, -0.15) is 0 Å². The summed E-state index contributed by atoms with van der Waals surface area (Å²) in [4.78, 5) is 28.0. The fourth-order valence-corrected chi connectivity index (χ4v) is 1.66. The molecule has 0 fully saturated rings. The monoisotopic (exact) mass is 274 g/mol. The lowest BCUT2D eigenvalue weighted by Gasteiger charge is -2.17. The molecule has 0 spiro atoms. The molecule has 6 heteroatoms. The molecule has 20 heavy (non-hydrogen) atoms. The van der Waals surface area contributed by atoms with Gasteiger partial charge in [0.15, 0.2) is 0 Å². The van der Waals surface area contributed by atoms with Crippen molar-refractivity contribution in [2.45, 2.75) is 0 Å². The molecular weight excluding hydrogens is 263 g/mol. The molecule has 1 heterocycles. The highest BCUT2D eigenvalue weighted by Crippen LogP contribution is 2.16. The van der Waals surface area contributed by atoms with Gasteiger partial charge in [-0.05, 0) is 36.4 Å². The van der Waals surface area contributed by atoms with Crippen molar-refractivity contribution in [2.24, 2.45) is 0 Å². The molecule has 0 radical (unpaired) electrons. The molecule has 0 saturated carbocycles. The van der Waals surface area contributed by atoms with Gasteiger partial charge in [0, 0.05) is 24.5 Å². The number of halogens is 1. The lowest BCUT2D eigenvalue weighted by molar-refractivity contribution is 0.0690. The fourth-order valence-electron chi connectivity index (χ4n) is 1.66. The molecule has 0 bridgehead atoms. The minimum Gasteiger partial charge on any atom is -0.477 e. The normalized spacial score (nSPS) is 10.1. The second kappa shape index (κ2) is 5.48. The number of pyridine rings is 1. The number of carboxylic acid groups (broad SMARTS) is 1. The van der Waals surface area contributed by atoms with Crippen LogP contribution in [0.1, 0.15) is 20.8 Å². The molecule has 0 aliphatic carbocycles. The zero-order valence-corrected chi connectivity index (χ0v) is 10.6. The third-order valence-electron chi connectivity index (χ3n) is 2.74. The van der Waals surface area contributed by atoms with E-state index in [1.165, 1.54) is 54.5 Å². The molecule has 1 amide bonds. The molecule has 2 aromatic rings. The van der Waals surface area contributed by atoms with E-state index in [0.29, 0.717) is 5.69 Å². The van der Waals surface area contributed by atoms with E-state index in [1.807, 2.05) is 0 Å². The molecule has 1 aromatic carbocycles. The van der Waals surface area contributed by atoms with Gasteiger partial charge in [0.05, 0.1) is 0 Å². The summed E-state index contributed by atoms with van der Waals surface area (Å²) >= 11 is 0. The maximum atomic E-state index is 12.8. The quantitative estimate of drug-likeness (QED) is 0.931. The number of rotatable bonds is 3. The number of hydrogen-bond acceptors (Lipinski definition) is 3. The zero-order valence-electron chi connectivity index (χ0n) is 10.6. The Morgan fingerprint density at radius 1 is 1.20 bits per heavy atom.